The maximum absolute atomic E-state index is 4.55. The van der Waals surface area contributed by atoms with E-state index in [0.29, 0.717) is 5.66 Å². The predicted molar refractivity (Wildman–Crippen MR) is 236 cm³/mol. The first kappa shape index (κ1) is 42.8. The maximum atomic E-state index is 4.55. The second-order valence-electron chi connectivity index (χ2n) is 12.6. The van der Waals surface area contributed by atoms with E-state index in [4.69, 9.17) is 0 Å². The van der Waals surface area contributed by atoms with Gasteiger partial charge in [0, 0.05) is 30.3 Å². The fourth-order valence-electron chi connectivity index (χ4n) is 6.53. The van der Waals surface area contributed by atoms with E-state index in [1.54, 1.807) is 0 Å². The van der Waals surface area contributed by atoms with Gasteiger partial charge in [-0.15, -0.1) is 0 Å². The van der Waals surface area contributed by atoms with E-state index in [1.165, 1.54) is 43.3 Å². The van der Waals surface area contributed by atoms with Crippen LogP contribution in [0, 0.1) is 6.92 Å². The Morgan fingerprint density at radius 1 is 0.434 bits per heavy atom. The van der Waals surface area contributed by atoms with Crippen LogP contribution in [0.25, 0.3) is 6.08 Å². The third-order valence-electron chi connectivity index (χ3n) is 9.12. The zero-order valence-corrected chi connectivity index (χ0v) is 37.0. The summed E-state index contributed by atoms with van der Waals surface area (Å²) in [7, 11) is -2.62. The molecule has 1 unspecified atom stereocenters. The third kappa shape index (κ3) is 12.5. The summed E-state index contributed by atoms with van der Waals surface area (Å²) in [5, 5.41) is 8.87. The van der Waals surface area contributed by atoms with Crippen molar-refractivity contribution in [2.24, 2.45) is 0 Å². The molecule has 0 fully saturated rings. The molecule has 0 saturated heterocycles. The molecule has 0 saturated carbocycles. The molecular formula is C48H47Au2P3+3. The summed E-state index contributed by atoms with van der Waals surface area (Å²) < 4.78 is 0. The Bertz CT molecular complexity index is 1810. The minimum Gasteiger partial charge on any atom is -0.302 e. The predicted octanol–water partition coefficient (Wildman–Crippen LogP) is 9.61. The van der Waals surface area contributed by atoms with Gasteiger partial charge in [0.1, 0.15) is 37.1 Å². The molecule has 0 heterocycles. The fourth-order valence-corrected chi connectivity index (χ4v) is 17.1. The summed E-state index contributed by atoms with van der Waals surface area (Å²) in [6.07, 6.45) is 2.88. The second kappa shape index (κ2) is 23.1. The SMILES string of the molecule is C=Cc1ccc(CC([CH2-])[PH+](c2ccccc2)c2ccccc2)cc1.[Au+].[Au].c1ccc([PH+](C[PH+](c2ccccc2)c2ccccc2)c2ccccc2)cc1. The molecule has 0 aliphatic heterocycles. The van der Waals surface area contributed by atoms with Crippen LogP contribution >= 0.6 is 23.8 Å². The van der Waals surface area contributed by atoms with Gasteiger partial charge in [-0.05, 0) is 96.0 Å². The fraction of sp³-hybridized carbons (Fsp3) is 0.0625. The van der Waals surface area contributed by atoms with Gasteiger partial charge in [-0.1, -0.05) is 146 Å². The zero-order chi connectivity index (χ0) is 35.1. The maximum Gasteiger partial charge on any atom is 1.00 e. The summed E-state index contributed by atoms with van der Waals surface area (Å²) in [4.78, 5) is 0. The van der Waals surface area contributed by atoms with Crippen molar-refractivity contribution < 1.29 is 44.8 Å². The molecule has 0 spiro atoms. The van der Waals surface area contributed by atoms with E-state index < -0.39 is 23.8 Å². The first-order valence-corrected chi connectivity index (χ1v) is 22.6. The van der Waals surface area contributed by atoms with Gasteiger partial charge in [0.2, 0.25) is 0 Å². The Hall–Kier alpha value is -2.95. The van der Waals surface area contributed by atoms with Crippen LogP contribution in [-0.2, 0) is 51.2 Å². The topological polar surface area (TPSA) is 0 Å². The molecule has 273 valence electrons. The Balaban J connectivity index is 0.000000230. The molecule has 0 nitrogen and oxygen atoms in total. The van der Waals surface area contributed by atoms with E-state index >= 15 is 0 Å². The molecular weight excluding hydrogens is 1060 g/mol. The minimum atomic E-state index is -0.922. The number of hydrogen-bond acceptors (Lipinski definition) is 0. The summed E-state index contributed by atoms with van der Waals surface area (Å²) in [5.41, 5.74) is 2.88. The van der Waals surface area contributed by atoms with Gasteiger partial charge >= 0.3 is 22.4 Å². The molecule has 1 atom stereocenters. The van der Waals surface area contributed by atoms with Gasteiger partial charge in [-0.25, -0.2) is 0 Å². The van der Waals surface area contributed by atoms with E-state index in [9.17, 15) is 0 Å². The van der Waals surface area contributed by atoms with Crippen LogP contribution in [0.3, 0.4) is 0 Å². The molecule has 0 aliphatic carbocycles. The van der Waals surface area contributed by atoms with Crippen molar-refractivity contribution in [1.29, 1.82) is 0 Å². The standard InChI is InChI=1S/C25H22P2.C23H22P.2Au/c1-5-13-22(14-6-1)26(23-15-7-2-8-16-23)21-27(24-17-9-3-10-18-24)25-19-11-4-12-20-25;1-3-20-14-16-21(17-15-20)18-19(2)24(22-10-6-4-7-11-22)23-12-8-5-9-13-23;;/h1-20H,21H2;3-17,19H,1-2,18H2;;/q;-1;;+1/p+3. The van der Waals surface area contributed by atoms with E-state index in [0.717, 1.165) is 12.0 Å². The normalized spacial score (nSPS) is 11.1. The van der Waals surface area contributed by atoms with E-state index in [2.05, 4.69) is 220 Å². The molecule has 7 aromatic carbocycles. The Labute approximate surface area is 352 Å². The van der Waals surface area contributed by atoms with Gasteiger partial charge in [0.05, 0.1) is 10.6 Å². The van der Waals surface area contributed by atoms with Crippen molar-refractivity contribution >= 4 is 61.7 Å². The zero-order valence-electron chi connectivity index (χ0n) is 29.7. The first-order valence-electron chi connectivity index (χ1n) is 17.6. The van der Waals surface area contributed by atoms with Crippen molar-refractivity contribution in [2.75, 3.05) is 5.90 Å². The molecule has 0 amide bonds. The monoisotopic (exact) mass is 1110 g/mol. The number of hydrogen-bond donors (Lipinski definition) is 0. The molecule has 0 bridgehead atoms. The van der Waals surface area contributed by atoms with Crippen molar-refractivity contribution in [3.05, 3.63) is 231 Å². The van der Waals surface area contributed by atoms with Crippen LogP contribution in [-0.4, -0.2) is 11.6 Å². The Morgan fingerprint density at radius 2 is 0.717 bits per heavy atom. The van der Waals surface area contributed by atoms with Crippen LogP contribution in [0.4, 0.5) is 0 Å². The van der Waals surface area contributed by atoms with Crippen molar-refractivity contribution in [3.63, 3.8) is 0 Å². The molecule has 1 radical (unpaired) electrons. The summed E-state index contributed by atoms with van der Waals surface area (Å²) in [5.74, 6) is 1.25. The molecule has 5 heteroatoms. The number of benzene rings is 7. The van der Waals surface area contributed by atoms with Crippen LogP contribution in [0.15, 0.2) is 213 Å². The molecule has 53 heavy (non-hydrogen) atoms. The molecule has 0 aromatic heterocycles. The molecule has 7 rings (SSSR count). The largest absolute Gasteiger partial charge is 1.00 e. The Morgan fingerprint density at radius 3 is 1.00 bits per heavy atom. The van der Waals surface area contributed by atoms with Gasteiger partial charge in [-0.2, -0.15) is 0 Å². The summed E-state index contributed by atoms with van der Waals surface area (Å²) in [6.45, 7) is 8.38. The van der Waals surface area contributed by atoms with Crippen LogP contribution in [0.2, 0.25) is 0 Å². The van der Waals surface area contributed by atoms with Crippen molar-refractivity contribution in [3.8, 4) is 0 Å². The van der Waals surface area contributed by atoms with Gasteiger partial charge in [-0.3, -0.25) is 0 Å². The average Bonchev–Trinajstić information content (AvgIpc) is 3.21. The van der Waals surface area contributed by atoms with Gasteiger partial charge in [0.25, 0.3) is 0 Å². The quantitative estimate of drug-likeness (QED) is 0.0651. The summed E-state index contributed by atoms with van der Waals surface area (Å²) >= 11 is 0. The van der Waals surface area contributed by atoms with Crippen molar-refractivity contribution in [1.82, 2.24) is 0 Å². The first-order chi connectivity index (χ1) is 25.2. The third-order valence-corrected chi connectivity index (χ3v) is 19.0. The average molecular weight is 1110 g/mol. The van der Waals surface area contributed by atoms with Crippen LogP contribution in [0.5, 0.6) is 0 Å². The smallest absolute Gasteiger partial charge is 0.302 e. The van der Waals surface area contributed by atoms with Gasteiger partial charge < -0.3 is 6.92 Å². The molecule has 0 aliphatic rings. The van der Waals surface area contributed by atoms with Crippen molar-refractivity contribution in [2.45, 2.75) is 12.1 Å². The number of rotatable bonds is 12. The van der Waals surface area contributed by atoms with Crippen LogP contribution in [0.1, 0.15) is 11.1 Å². The van der Waals surface area contributed by atoms with E-state index in [-0.39, 0.29) is 44.8 Å². The minimum absolute atomic E-state index is 0. The van der Waals surface area contributed by atoms with E-state index in [1.807, 2.05) is 6.08 Å². The second-order valence-corrected chi connectivity index (χ2v) is 21.0. The van der Waals surface area contributed by atoms with Crippen LogP contribution < -0.4 is 31.8 Å². The van der Waals surface area contributed by atoms with Gasteiger partial charge in [0.15, 0.2) is 5.90 Å². The summed E-state index contributed by atoms with van der Waals surface area (Å²) in [6, 6.07) is 74.8. The molecule has 7 aromatic rings. The Kier molecular flexibility index (Phi) is 18.6. The molecule has 0 N–H and O–H groups in total.